The van der Waals surface area contributed by atoms with Crippen LogP contribution in [0.4, 0.5) is 0 Å². The molecule has 0 saturated carbocycles. The molecule has 0 heterocycles. The van der Waals surface area contributed by atoms with Crippen molar-refractivity contribution in [3.63, 3.8) is 0 Å². The minimum atomic E-state index is -0.466. The molecule has 1 unspecified atom stereocenters. The molecule has 0 aromatic heterocycles. The first kappa shape index (κ1) is 19.3. The number of esters is 1. The molecule has 0 aliphatic rings. The molecule has 0 fully saturated rings. The maximum Gasteiger partial charge on any atom is 0.330 e. The number of ketones is 1. The molecule has 3 rings (SSSR count). The molecule has 3 aromatic carbocycles. The van der Waals surface area contributed by atoms with Crippen LogP contribution in [0.5, 0.6) is 0 Å². The predicted octanol–water partition coefficient (Wildman–Crippen LogP) is 5.28. The largest absolute Gasteiger partial charge is 0.463 e. The number of carbonyl (C=O) groups is 2. The van der Waals surface area contributed by atoms with E-state index in [1.54, 1.807) is 13.0 Å². The maximum atomic E-state index is 13.4. The van der Waals surface area contributed by atoms with Crippen LogP contribution in [-0.4, -0.2) is 18.4 Å². The highest BCUT2D eigenvalue weighted by molar-refractivity contribution is 6.03. The molecule has 0 saturated heterocycles. The van der Waals surface area contributed by atoms with Gasteiger partial charge in [-0.1, -0.05) is 84.9 Å². The Kier molecular flexibility index (Phi) is 6.53. The second-order valence-corrected chi connectivity index (χ2v) is 6.29. The van der Waals surface area contributed by atoms with Crippen molar-refractivity contribution in [2.45, 2.75) is 12.8 Å². The maximum absolute atomic E-state index is 13.4. The van der Waals surface area contributed by atoms with Gasteiger partial charge in [-0.3, -0.25) is 4.79 Å². The highest BCUT2D eigenvalue weighted by Crippen LogP contribution is 2.31. The topological polar surface area (TPSA) is 43.4 Å². The number of hydrogen-bond acceptors (Lipinski definition) is 3. The Bertz CT molecular complexity index is 959. The predicted molar refractivity (Wildman–Crippen MR) is 111 cm³/mol. The molecule has 3 heteroatoms. The third-order valence-corrected chi connectivity index (χ3v) is 4.45. The first-order chi connectivity index (χ1) is 13.7. The lowest BCUT2D eigenvalue weighted by Gasteiger charge is -2.19. The van der Waals surface area contributed by atoms with Crippen LogP contribution in [0, 0.1) is 0 Å². The molecule has 0 spiro atoms. The fraction of sp³-hybridized carbons (Fsp3) is 0.120. The van der Waals surface area contributed by atoms with Gasteiger partial charge in [-0.15, -0.1) is 0 Å². The van der Waals surface area contributed by atoms with E-state index in [4.69, 9.17) is 4.74 Å². The van der Waals surface area contributed by atoms with Crippen LogP contribution in [0.2, 0.25) is 0 Å². The van der Waals surface area contributed by atoms with E-state index >= 15 is 0 Å². The Morgan fingerprint density at radius 1 is 0.857 bits per heavy atom. The quantitative estimate of drug-likeness (QED) is 0.323. The minimum absolute atomic E-state index is 0.0174. The normalized spacial score (nSPS) is 11.9. The van der Waals surface area contributed by atoms with Crippen LogP contribution in [0.25, 0.3) is 6.08 Å². The third-order valence-electron chi connectivity index (χ3n) is 4.45. The van der Waals surface area contributed by atoms with E-state index in [0.717, 1.165) is 16.7 Å². The van der Waals surface area contributed by atoms with Gasteiger partial charge in [0.15, 0.2) is 5.78 Å². The van der Waals surface area contributed by atoms with E-state index < -0.39 is 11.9 Å². The fourth-order valence-electron chi connectivity index (χ4n) is 3.16. The van der Waals surface area contributed by atoms with Crippen molar-refractivity contribution in [3.8, 4) is 0 Å². The van der Waals surface area contributed by atoms with E-state index in [-0.39, 0.29) is 5.78 Å². The summed E-state index contributed by atoms with van der Waals surface area (Å²) in [5, 5.41) is 0. The summed E-state index contributed by atoms with van der Waals surface area (Å²) >= 11 is 0. The van der Waals surface area contributed by atoms with Crippen LogP contribution in [0.15, 0.2) is 91.0 Å². The molecule has 0 bridgehead atoms. The summed E-state index contributed by atoms with van der Waals surface area (Å²) in [6.07, 6.45) is 3.11. The average molecular weight is 370 g/mol. The van der Waals surface area contributed by atoms with Crippen molar-refractivity contribution >= 4 is 17.8 Å². The van der Waals surface area contributed by atoms with Gasteiger partial charge >= 0.3 is 5.97 Å². The van der Waals surface area contributed by atoms with Gasteiger partial charge in [0, 0.05) is 11.6 Å². The molecule has 3 aromatic rings. The van der Waals surface area contributed by atoms with Crippen molar-refractivity contribution in [3.05, 3.63) is 113 Å². The molecular weight excluding hydrogens is 348 g/mol. The molecule has 0 amide bonds. The molecule has 0 aliphatic heterocycles. The van der Waals surface area contributed by atoms with E-state index in [2.05, 4.69) is 0 Å². The van der Waals surface area contributed by atoms with E-state index in [0.29, 0.717) is 12.2 Å². The summed E-state index contributed by atoms with van der Waals surface area (Å²) < 4.78 is 4.97. The summed E-state index contributed by atoms with van der Waals surface area (Å²) in [6.45, 7) is 2.09. The zero-order valence-electron chi connectivity index (χ0n) is 15.7. The number of rotatable bonds is 7. The number of hydrogen-bond donors (Lipinski definition) is 0. The first-order valence-electron chi connectivity index (χ1n) is 9.28. The van der Waals surface area contributed by atoms with Gasteiger partial charge in [0.1, 0.15) is 0 Å². The van der Waals surface area contributed by atoms with Crippen LogP contribution >= 0.6 is 0 Å². The lowest BCUT2D eigenvalue weighted by molar-refractivity contribution is -0.137. The SMILES string of the molecule is CCOC(=O)/C=C/c1ccccc1C(C(=O)c1ccccc1)c1ccccc1. The standard InChI is InChI=1S/C25H22O3/c1-2-28-23(26)18-17-19-11-9-10-16-22(19)24(20-12-5-3-6-13-20)25(27)21-14-7-4-8-15-21/h3-18,24H,2H2,1H3/b18-17+. The van der Waals surface area contributed by atoms with Crippen molar-refractivity contribution in [2.24, 2.45) is 0 Å². The molecule has 0 radical (unpaired) electrons. The Morgan fingerprint density at radius 2 is 1.46 bits per heavy atom. The van der Waals surface area contributed by atoms with E-state index in [1.807, 2.05) is 84.9 Å². The Morgan fingerprint density at radius 3 is 2.14 bits per heavy atom. The van der Waals surface area contributed by atoms with Gasteiger partial charge in [-0.05, 0) is 29.7 Å². The molecule has 0 aliphatic carbocycles. The van der Waals surface area contributed by atoms with E-state index in [1.165, 1.54) is 6.08 Å². The summed E-state index contributed by atoms with van der Waals surface area (Å²) in [6, 6.07) is 26.6. The van der Waals surface area contributed by atoms with Crippen LogP contribution in [0.1, 0.15) is 39.9 Å². The monoisotopic (exact) mass is 370 g/mol. The van der Waals surface area contributed by atoms with Gasteiger partial charge in [0.2, 0.25) is 0 Å². The van der Waals surface area contributed by atoms with Crippen molar-refractivity contribution in [1.82, 2.24) is 0 Å². The van der Waals surface area contributed by atoms with E-state index in [9.17, 15) is 9.59 Å². The zero-order chi connectivity index (χ0) is 19.8. The van der Waals surface area contributed by atoms with Gasteiger partial charge in [-0.2, -0.15) is 0 Å². The summed E-state index contributed by atoms with van der Waals surface area (Å²) in [5.41, 5.74) is 3.23. The zero-order valence-corrected chi connectivity index (χ0v) is 15.7. The van der Waals surface area contributed by atoms with Crippen LogP contribution < -0.4 is 0 Å². The van der Waals surface area contributed by atoms with Crippen LogP contribution in [-0.2, 0) is 9.53 Å². The van der Waals surface area contributed by atoms with Crippen LogP contribution in [0.3, 0.4) is 0 Å². The molecule has 28 heavy (non-hydrogen) atoms. The Labute approximate surface area is 165 Å². The van der Waals surface area contributed by atoms with Crippen molar-refractivity contribution < 1.29 is 14.3 Å². The summed E-state index contributed by atoms with van der Waals surface area (Å²) in [5.74, 6) is -0.849. The Hall–Kier alpha value is -3.46. The molecule has 1 atom stereocenters. The highest BCUT2D eigenvalue weighted by Gasteiger charge is 2.25. The fourth-order valence-corrected chi connectivity index (χ4v) is 3.16. The molecule has 3 nitrogen and oxygen atoms in total. The summed E-state index contributed by atoms with van der Waals surface area (Å²) in [7, 11) is 0. The van der Waals surface area contributed by atoms with Crippen molar-refractivity contribution in [2.75, 3.05) is 6.61 Å². The van der Waals surface area contributed by atoms with Gasteiger partial charge in [-0.25, -0.2) is 4.79 Å². The Balaban J connectivity index is 2.07. The number of benzene rings is 3. The molecule has 0 N–H and O–H groups in total. The highest BCUT2D eigenvalue weighted by atomic mass is 16.5. The molecular formula is C25H22O3. The van der Waals surface area contributed by atoms with Gasteiger partial charge < -0.3 is 4.74 Å². The smallest absolute Gasteiger partial charge is 0.330 e. The number of carbonyl (C=O) groups excluding carboxylic acids is 2. The molecule has 140 valence electrons. The summed E-state index contributed by atoms with van der Waals surface area (Å²) in [4.78, 5) is 25.2. The average Bonchev–Trinajstić information content (AvgIpc) is 2.75. The van der Waals surface area contributed by atoms with Gasteiger partial charge in [0.25, 0.3) is 0 Å². The number of Topliss-reactive ketones (excluding diaryl/α,β-unsaturated/α-hetero) is 1. The first-order valence-corrected chi connectivity index (χ1v) is 9.28. The lowest BCUT2D eigenvalue weighted by Crippen LogP contribution is -2.15. The second-order valence-electron chi connectivity index (χ2n) is 6.29. The second kappa shape index (κ2) is 9.47. The van der Waals surface area contributed by atoms with Crippen molar-refractivity contribution in [1.29, 1.82) is 0 Å². The minimum Gasteiger partial charge on any atom is -0.463 e. The van der Waals surface area contributed by atoms with Gasteiger partial charge in [0.05, 0.1) is 12.5 Å². The third kappa shape index (κ3) is 4.63. The lowest BCUT2D eigenvalue weighted by atomic mass is 9.82. The number of ether oxygens (including phenoxy) is 1.